The molecular formula is C34H37Cl2N4O4P. The lowest BCUT2D eigenvalue weighted by molar-refractivity contribution is 0.185. The van der Waals surface area contributed by atoms with Gasteiger partial charge in [0.05, 0.1) is 43.1 Å². The van der Waals surface area contributed by atoms with Gasteiger partial charge in [-0.1, -0.05) is 53.5 Å². The number of rotatable bonds is 12. The molecular weight excluding hydrogens is 630 g/mol. The third kappa shape index (κ3) is 6.41. The van der Waals surface area contributed by atoms with E-state index in [4.69, 9.17) is 32.2 Å². The van der Waals surface area contributed by atoms with Gasteiger partial charge >= 0.3 is 7.60 Å². The van der Waals surface area contributed by atoms with Crippen molar-refractivity contribution < 1.29 is 13.6 Å². The highest BCUT2D eigenvalue weighted by atomic mass is 35.5. The molecule has 0 aliphatic heterocycles. The van der Waals surface area contributed by atoms with E-state index in [1.807, 2.05) is 99.4 Å². The molecule has 1 atom stereocenters. The molecule has 3 aromatic carbocycles. The van der Waals surface area contributed by atoms with E-state index in [0.717, 1.165) is 38.9 Å². The van der Waals surface area contributed by atoms with Crippen LogP contribution in [-0.2, 0) is 33.2 Å². The maximum Gasteiger partial charge on any atom is 0.331 e. The zero-order valence-electron chi connectivity index (χ0n) is 26.0. The smallest absolute Gasteiger partial charge is 0.331 e. The normalized spacial score (nSPS) is 13.4. The van der Waals surface area contributed by atoms with Crippen LogP contribution >= 0.6 is 30.8 Å². The standard InChI is InChI=1S/C34H37Cl2N4O4P/c1-6-43-45(42,44-7-2)18-17-39(4)34(32-22-37-23-38(32)3,25-11-14-27(35)15-12-25)26-13-16-31-30(20-26)29(21-33(41)40(31)5)24-9-8-10-28(36)19-24/h8-16,19-23H,6-7,17-18H2,1-5H3/t34-/m1/s1. The number of aromatic nitrogens is 3. The number of imidazole rings is 1. The Bertz CT molecular complexity index is 1910. The first-order valence-corrected chi connectivity index (χ1v) is 17.2. The van der Waals surface area contributed by atoms with Crippen molar-refractivity contribution in [2.24, 2.45) is 14.1 Å². The van der Waals surface area contributed by atoms with E-state index in [0.29, 0.717) is 16.6 Å². The van der Waals surface area contributed by atoms with Crippen LogP contribution in [0.15, 0.2) is 90.1 Å². The van der Waals surface area contributed by atoms with Gasteiger partial charge in [0.25, 0.3) is 5.56 Å². The molecule has 0 fully saturated rings. The van der Waals surface area contributed by atoms with Crippen molar-refractivity contribution in [2.75, 3.05) is 33.0 Å². The summed E-state index contributed by atoms with van der Waals surface area (Å²) in [6.45, 7) is 4.53. The molecule has 0 saturated heterocycles. The van der Waals surface area contributed by atoms with E-state index >= 15 is 0 Å². The lowest BCUT2D eigenvalue weighted by Gasteiger charge is -2.43. The Hall–Kier alpha value is -3.23. The van der Waals surface area contributed by atoms with Crippen LogP contribution in [-0.4, -0.2) is 52.0 Å². The summed E-state index contributed by atoms with van der Waals surface area (Å²) in [5.41, 5.74) is 4.03. The highest BCUT2D eigenvalue weighted by molar-refractivity contribution is 7.53. The van der Waals surface area contributed by atoms with Gasteiger partial charge < -0.3 is 18.2 Å². The zero-order valence-corrected chi connectivity index (χ0v) is 28.4. The summed E-state index contributed by atoms with van der Waals surface area (Å²) in [4.78, 5) is 19.8. The van der Waals surface area contributed by atoms with Crippen LogP contribution in [0.25, 0.3) is 22.0 Å². The third-order valence-corrected chi connectivity index (χ3v) is 10.7. The minimum atomic E-state index is -3.36. The molecule has 0 aliphatic carbocycles. The van der Waals surface area contributed by atoms with Gasteiger partial charge in [-0.05, 0) is 79.5 Å². The van der Waals surface area contributed by atoms with Gasteiger partial charge in [-0.25, -0.2) is 4.98 Å². The molecule has 45 heavy (non-hydrogen) atoms. The Labute approximate surface area is 273 Å². The van der Waals surface area contributed by atoms with E-state index in [-0.39, 0.29) is 24.9 Å². The van der Waals surface area contributed by atoms with Crippen molar-refractivity contribution in [2.45, 2.75) is 19.4 Å². The van der Waals surface area contributed by atoms with Crippen LogP contribution < -0.4 is 5.56 Å². The molecule has 0 aliphatic rings. The Morgan fingerprint density at radius 1 is 0.911 bits per heavy atom. The van der Waals surface area contributed by atoms with Crippen LogP contribution in [0, 0.1) is 0 Å². The lowest BCUT2D eigenvalue weighted by atomic mass is 9.78. The molecule has 0 amide bonds. The van der Waals surface area contributed by atoms with Crippen LogP contribution in [0.1, 0.15) is 30.7 Å². The lowest BCUT2D eigenvalue weighted by Crippen LogP contribution is -2.48. The van der Waals surface area contributed by atoms with Gasteiger partial charge in [0.2, 0.25) is 0 Å². The number of hydrogen-bond donors (Lipinski definition) is 0. The molecule has 0 unspecified atom stereocenters. The van der Waals surface area contributed by atoms with Gasteiger partial charge in [-0.15, -0.1) is 0 Å². The van der Waals surface area contributed by atoms with Crippen molar-refractivity contribution in [3.63, 3.8) is 0 Å². The van der Waals surface area contributed by atoms with E-state index in [9.17, 15) is 9.36 Å². The SMILES string of the molecule is CCOP(=O)(CCN(C)[C@](c1ccc(Cl)cc1)(c1ccc2c(c1)c(-c1cccc(Cl)c1)cc(=O)n2C)c1cncn1C)OCC. The second-order valence-corrected chi connectivity index (χ2v) is 14.0. The van der Waals surface area contributed by atoms with E-state index in [1.165, 1.54) is 0 Å². The highest BCUT2D eigenvalue weighted by Gasteiger charge is 2.44. The zero-order chi connectivity index (χ0) is 32.4. The van der Waals surface area contributed by atoms with Crippen molar-refractivity contribution in [1.29, 1.82) is 0 Å². The van der Waals surface area contributed by atoms with Crippen molar-refractivity contribution in [3.8, 4) is 11.1 Å². The topological polar surface area (TPSA) is 78.6 Å². The summed E-state index contributed by atoms with van der Waals surface area (Å²) >= 11 is 12.8. The highest BCUT2D eigenvalue weighted by Crippen LogP contribution is 2.49. The summed E-state index contributed by atoms with van der Waals surface area (Å²) in [6.07, 6.45) is 3.79. The number of fused-ring (bicyclic) bond motifs is 1. The van der Waals surface area contributed by atoms with Crippen molar-refractivity contribution in [3.05, 3.63) is 123 Å². The second kappa shape index (κ2) is 13.6. The van der Waals surface area contributed by atoms with Gasteiger partial charge in [-0.2, -0.15) is 0 Å². The Kier molecular flexibility index (Phi) is 10.0. The molecule has 5 rings (SSSR count). The fraction of sp³-hybridized carbons (Fsp3) is 0.294. The summed E-state index contributed by atoms with van der Waals surface area (Å²) < 4.78 is 28.6. The van der Waals surface area contributed by atoms with Gasteiger partial charge in [0, 0.05) is 42.1 Å². The number of pyridine rings is 1. The fourth-order valence-electron chi connectivity index (χ4n) is 6.08. The summed E-state index contributed by atoms with van der Waals surface area (Å²) in [7, 11) is 2.35. The second-order valence-electron chi connectivity index (χ2n) is 10.9. The Morgan fingerprint density at radius 3 is 2.22 bits per heavy atom. The number of hydrogen-bond acceptors (Lipinski definition) is 6. The molecule has 236 valence electrons. The molecule has 2 heterocycles. The molecule has 5 aromatic rings. The molecule has 2 aromatic heterocycles. The maximum absolute atomic E-state index is 13.6. The molecule has 0 N–H and O–H groups in total. The van der Waals surface area contributed by atoms with Gasteiger partial charge in [0.1, 0.15) is 5.54 Å². The first kappa shape index (κ1) is 33.1. The molecule has 8 nitrogen and oxygen atoms in total. The molecule has 0 saturated carbocycles. The van der Waals surface area contributed by atoms with Crippen LogP contribution in [0.2, 0.25) is 10.0 Å². The fourth-order valence-corrected chi connectivity index (χ4v) is 8.06. The Morgan fingerprint density at radius 2 is 1.60 bits per heavy atom. The number of halogens is 2. The summed E-state index contributed by atoms with van der Waals surface area (Å²) in [5.74, 6) is 0. The summed E-state index contributed by atoms with van der Waals surface area (Å²) in [6, 6.07) is 23.0. The summed E-state index contributed by atoms with van der Waals surface area (Å²) in [5, 5.41) is 2.06. The van der Waals surface area contributed by atoms with E-state index in [2.05, 4.69) is 16.0 Å². The molecule has 0 radical (unpaired) electrons. The average molecular weight is 668 g/mol. The van der Waals surface area contributed by atoms with Crippen molar-refractivity contribution >= 4 is 41.7 Å². The first-order chi connectivity index (χ1) is 21.5. The van der Waals surface area contributed by atoms with E-state index in [1.54, 1.807) is 24.0 Å². The Balaban J connectivity index is 1.82. The largest absolute Gasteiger partial charge is 0.335 e. The minimum Gasteiger partial charge on any atom is -0.335 e. The predicted molar refractivity (Wildman–Crippen MR) is 183 cm³/mol. The van der Waals surface area contributed by atoms with Crippen LogP contribution in [0.5, 0.6) is 0 Å². The maximum atomic E-state index is 13.6. The number of benzene rings is 3. The average Bonchev–Trinajstić information content (AvgIpc) is 3.45. The number of nitrogens with zero attached hydrogens (tertiary/aromatic N) is 4. The predicted octanol–water partition coefficient (Wildman–Crippen LogP) is 7.74. The quantitative estimate of drug-likeness (QED) is 0.127. The monoisotopic (exact) mass is 666 g/mol. The van der Waals surface area contributed by atoms with Crippen molar-refractivity contribution in [1.82, 2.24) is 19.0 Å². The van der Waals surface area contributed by atoms with Crippen LogP contribution in [0.4, 0.5) is 0 Å². The molecule has 11 heteroatoms. The van der Waals surface area contributed by atoms with Crippen LogP contribution in [0.3, 0.4) is 0 Å². The molecule has 0 spiro atoms. The van der Waals surface area contributed by atoms with Gasteiger partial charge in [-0.3, -0.25) is 14.3 Å². The third-order valence-electron chi connectivity index (χ3n) is 8.18. The number of aryl methyl sites for hydroxylation is 2. The van der Waals surface area contributed by atoms with Gasteiger partial charge in [0.15, 0.2) is 0 Å². The molecule has 0 bridgehead atoms. The minimum absolute atomic E-state index is 0.124. The van der Waals surface area contributed by atoms with E-state index < -0.39 is 13.1 Å². The first-order valence-electron chi connectivity index (χ1n) is 14.8.